The maximum Gasteiger partial charge on any atom is 0.378 e. The van der Waals surface area contributed by atoms with Crippen LogP contribution in [0.4, 0.5) is 4.79 Å². The number of unbranched alkanes of at least 4 members (excludes halogenated alkanes) is 10. The topological polar surface area (TPSA) is 52.6 Å². The molecule has 148 valence electrons. The molecule has 0 aliphatic carbocycles. The van der Waals surface area contributed by atoms with Crippen LogP contribution in [-0.4, -0.2) is 30.2 Å². The highest BCUT2D eigenvalue weighted by Gasteiger charge is 2.13. The summed E-state index contributed by atoms with van der Waals surface area (Å²) in [5.41, 5.74) is -0.595. The quantitative estimate of drug-likeness (QED) is 0.0843. The first-order chi connectivity index (χ1) is 12.2. The summed E-state index contributed by atoms with van der Waals surface area (Å²) in [4.78, 5) is 22.6. The number of aldehydes is 1. The fourth-order valence-corrected chi connectivity index (χ4v) is 3.79. The van der Waals surface area contributed by atoms with Gasteiger partial charge in [-0.3, -0.25) is 4.79 Å². The Morgan fingerprint density at radius 2 is 1.36 bits per heavy atom. The summed E-state index contributed by atoms with van der Waals surface area (Å²) in [6, 6.07) is 0. The molecule has 0 radical (unpaired) electrons. The average molecular weight is 393 g/mol. The number of carbonyl (C=O) groups is 2. The van der Waals surface area contributed by atoms with Gasteiger partial charge in [0.25, 0.3) is 0 Å². The molecule has 1 unspecified atom stereocenters. The van der Waals surface area contributed by atoms with Crippen molar-refractivity contribution in [3.05, 3.63) is 0 Å². The van der Waals surface area contributed by atoms with Gasteiger partial charge in [-0.1, -0.05) is 78.1 Å². The molecule has 0 bridgehead atoms. The monoisotopic (exact) mass is 392 g/mol. The van der Waals surface area contributed by atoms with Crippen LogP contribution >= 0.6 is 21.6 Å². The van der Waals surface area contributed by atoms with E-state index in [-0.39, 0.29) is 5.30 Å². The molecule has 0 spiro atoms. The summed E-state index contributed by atoms with van der Waals surface area (Å²) in [6.45, 7) is 5.42. The van der Waals surface area contributed by atoms with Gasteiger partial charge in [0.15, 0.2) is 11.7 Å². The van der Waals surface area contributed by atoms with Crippen LogP contribution in [0.2, 0.25) is 0 Å². The van der Waals surface area contributed by atoms with Gasteiger partial charge in [0, 0.05) is 17.4 Å². The zero-order valence-electron chi connectivity index (χ0n) is 16.0. The van der Waals surface area contributed by atoms with E-state index in [2.05, 4.69) is 13.8 Å². The third kappa shape index (κ3) is 18.4. The fourth-order valence-electron chi connectivity index (χ4n) is 2.32. The minimum Gasteiger partial charge on any atom is -0.457 e. The molecule has 1 atom stereocenters. The third-order valence-electron chi connectivity index (χ3n) is 3.82. The smallest absolute Gasteiger partial charge is 0.378 e. The van der Waals surface area contributed by atoms with Crippen molar-refractivity contribution in [2.75, 3.05) is 13.2 Å². The Hall–Kier alpha value is -0.200. The van der Waals surface area contributed by atoms with Crippen molar-refractivity contribution in [3.63, 3.8) is 0 Å². The van der Waals surface area contributed by atoms with Crippen molar-refractivity contribution in [2.45, 2.75) is 96.3 Å². The minimum atomic E-state index is -0.595. The molecular weight excluding hydrogens is 356 g/mol. The van der Waals surface area contributed by atoms with Crippen LogP contribution in [0.1, 0.15) is 90.9 Å². The van der Waals surface area contributed by atoms with Crippen LogP contribution in [0.3, 0.4) is 0 Å². The highest BCUT2D eigenvalue weighted by molar-refractivity contribution is 8.82. The summed E-state index contributed by atoms with van der Waals surface area (Å²) in [7, 11) is 2.08. The molecule has 0 heterocycles. The summed E-state index contributed by atoms with van der Waals surface area (Å²) in [5, 5.41) is -0.339. The Balaban J connectivity index is 3.50. The zero-order chi connectivity index (χ0) is 18.6. The number of rotatable bonds is 18. The van der Waals surface area contributed by atoms with Gasteiger partial charge in [0.05, 0.1) is 6.61 Å². The molecule has 0 saturated heterocycles. The molecular formula is C19H36O4S2. The second-order valence-electron chi connectivity index (χ2n) is 6.19. The van der Waals surface area contributed by atoms with Gasteiger partial charge in [0.1, 0.15) is 0 Å². The Kier molecular flexibility index (Phi) is 20.0. The SMILES string of the molecule is CCCCCCCCOC(=O)SSC(C=O)OCCCCCCCC. The fraction of sp³-hybridized carbons (Fsp3) is 0.895. The van der Waals surface area contributed by atoms with Gasteiger partial charge < -0.3 is 9.47 Å². The lowest BCUT2D eigenvalue weighted by Gasteiger charge is -2.10. The largest absolute Gasteiger partial charge is 0.457 e. The first kappa shape index (κ1) is 24.8. The number of hydrogen-bond donors (Lipinski definition) is 0. The zero-order valence-corrected chi connectivity index (χ0v) is 17.6. The molecule has 0 aromatic rings. The van der Waals surface area contributed by atoms with Gasteiger partial charge in [-0.15, -0.1) is 0 Å². The lowest BCUT2D eigenvalue weighted by Crippen LogP contribution is -2.10. The Bertz CT molecular complexity index is 314. The van der Waals surface area contributed by atoms with Crippen LogP contribution < -0.4 is 0 Å². The molecule has 6 heteroatoms. The van der Waals surface area contributed by atoms with E-state index in [1.807, 2.05) is 0 Å². The van der Waals surface area contributed by atoms with E-state index >= 15 is 0 Å². The summed E-state index contributed by atoms with van der Waals surface area (Å²) >= 11 is 0. The number of ether oxygens (including phenoxy) is 2. The molecule has 0 rings (SSSR count). The molecule has 0 N–H and O–H groups in total. The van der Waals surface area contributed by atoms with E-state index in [0.29, 0.717) is 13.2 Å². The lowest BCUT2D eigenvalue weighted by molar-refractivity contribution is -0.113. The van der Waals surface area contributed by atoms with Gasteiger partial charge in [0.2, 0.25) is 0 Å². The summed E-state index contributed by atoms with van der Waals surface area (Å²) in [5.74, 6) is 0. The van der Waals surface area contributed by atoms with Gasteiger partial charge in [-0.2, -0.15) is 0 Å². The van der Waals surface area contributed by atoms with Crippen LogP contribution in [0.15, 0.2) is 0 Å². The van der Waals surface area contributed by atoms with Crippen molar-refractivity contribution in [3.8, 4) is 0 Å². The van der Waals surface area contributed by atoms with E-state index in [1.165, 1.54) is 51.4 Å². The van der Waals surface area contributed by atoms with Crippen molar-refractivity contribution in [2.24, 2.45) is 0 Å². The van der Waals surface area contributed by atoms with E-state index in [0.717, 1.165) is 53.6 Å². The Morgan fingerprint density at radius 1 is 0.840 bits per heavy atom. The lowest BCUT2D eigenvalue weighted by atomic mass is 10.1. The molecule has 0 amide bonds. The van der Waals surface area contributed by atoms with Crippen LogP contribution in [0.25, 0.3) is 0 Å². The second-order valence-corrected chi connectivity index (χ2v) is 8.42. The highest BCUT2D eigenvalue weighted by atomic mass is 33.1. The van der Waals surface area contributed by atoms with Crippen molar-refractivity contribution >= 4 is 33.2 Å². The van der Waals surface area contributed by atoms with E-state index in [1.54, 1.807) is 0 Å². The molecule has 4 nitrogen and oxygen atoms in total. The molecule has 25 heavy (non-hydrogen) atoms. The normalized spacial score (nSPS) is 12.1. The van der Waals surface area contributed by atoms with Crippen molar-refractivity contribution in [1.82, 2.24) is 0 Å². The molecule has 0 aliphatic heterocycles. The highest BCUT2D eigenvalue weighted by Crippen LogP contribution is 2.28. The first-order valence-corrected chi connectivity index (χ1v) is 12.0. The maximum atomic E-state index is 11.6. The van der Waals surface area contributed by atoms with Gasteiger partial charge in [-0.05, 0) is 23.6 Å². The van der Waals surface area contributed by atoms with Crippen LogP contribution in [0.5, 0.6) is 0 Å². The number of hydrogen-bond acceptors (Lipinski definition) is 6. The van der Waals surface area contributed by atoms with Gasteiger partial charge >= 0.3 is 5.30 Å². The predicted octanol–water partition coefficient (Wildman–Crippen LogP) is 6.77. The van der Waals surface area contributed by atoms with Crippen LogP contribution in [-0.2, 0) is 14.3 Å². The molecule has 0 fully saturated rings. The average Bonchev–Trinajstić information content (AvgIpc) is 2.62. The third-order valence-corrected chi connectivity index (χ3v) is 5.87. The summed E-state index contributed by atoms with van der Waals surface area (Å²) < 4.78 is 10.7. The van der Waals surface area contributed by atoms with Crippen molar-refractivity contribution in [1.29, 1.82) is 0 Å². The second kappa shape index (κ2) is 20.1. The summed E-state index contributed by atoms with van der Waals surface area (Å²) in [6.07, 6.45) is 14.8. The Morgan fingerprint density at radius 3 is 1.92 bits per heavy atom. The van der Waals surface area contributed by atoms with Crippen molar-refractivity contribution < 1.29 is 19.1 Å². The van der Waals surface area contributed by atoms with E-state index < -0.39 is 5.44 Å². The molecule has 0 saturated carbocycles. The number of carbonyl (C=O) groups excluding carboxylic acids is 2. The molecule has 0 aromatic carbocycles. The van der Waals surface area contributed by atoms with E-state index in [9.17, 15) is 9.59 Å². The van der Waals surface area contributed by atoms with Gasteiger partial charge in [-0.25, -0.2) is 4.79 Å². The maximum absolute atomic E-state index is 11.6. The Labute approximate surface area is 162 Å². The standard InChI is InChI=1S/C19H36O4S2/c1-3-5-7-9-11-13-15-22-18(17-20)24-25-19(21)23-16-14-12-10-8-6-4-2/h17-18H,3-16H2,1-2H3. The molecule has 0 aliphatic rings. The first-order valence-electron chi connectivity index (χ1n) is 9.81. The minimum absolute atomic E-state index is 0.339. The van der Waals surface area contributed by atoms with Crippen LogP contribution in [0, 0.1) is 0 Å². The van der Waals surface area contributed by atoms with E-state index in [4.69, 9.17) is 9.47 Å². The molecule has 0 aromatic heterocycles. The predicted molar refractivity (Wildman–Crippen MR) is 109 cm³/mol.